The van der Waals surface area contributed by atoms with E-state index in [1.807, 2.05) is 0 Å². The van der Waals surface area contributed by atoms with Crippen LogP contribution in [0.3, 0.4) is 0 Å². The number of alkyl halides is 3. The SMILES string of the molecule is CC=C(Oc1ccc(Oc2ccc(C(F)(F)F)cc2)cc1)C(=O)OC. The van der Waals surface area contributed by atoms with Gasteiger partial charge in [-0.2, -0.15) is 13.2 Å². The smallest absolute Gasteiger partial charge is 0.416 e. The van der Waals surface area contributed by atoms with Gasteiger partial charge in [0, 0.05) is 0 Å². The summed E-state index contributed by atoms with van der Waals surface area (Å²) in [6.07, 6.45) is -2.92. The van der Waals surface area contributed by atoms with Crippen LogP contribution in [0.4, 0.5) is 13.2 Å². The second-order valence-corrected chi connectivity index (χ2v) is 4.84. The Bertz CT molecular complexity index is 747. The molecule has 0 aliphatic rings. The molecule has 0 fully saturated rings. The molecule has 132 valence electrons. The van der Waals surface area contributed by atoms with Crippen LogP contribution in [0.2, 0.25) is 0 Å². The van der Waals surface area contributed by atoms with Crippen molar-refractivity contribution >= 4 is 5.97 Å². The number of halogens is 3. The molecule has 0 aromatic heterocycles. The monoisotopic (exact) mass is 352 g/mol. The molecule has 0 saturated carbocycles. The van der Waals surface area contributed by atoms with Crippen LogP contribution < -0.4 is 9.47 Å². The lowest BCUT2D eigenvalue weighted by molar-refractivity contribution is -0.139. The molecule has 0 amide bonds. The Hall–Kier alpha value is -2.96. The molecule has 0 N–H and O–H groups in total. The van der Waals surface area contributed by atoms with Gasteiger partial charge in [-0.1, -0.05) is 0 Å². The highest BCUT2D eigenvalue weighted by Gasteiger charge is 2.30. The Morgan fingerprint density at radius 3 is 1.84 bits per heavy atom. The minimum atomic E-state index is -4.39. The number of rotatable bonds is 5. The van der Waals surface area contributed by atoms with Gasteiger partial charge in [0.2, 0.25) is 5.76 Å². The van der Waals surface area contributed by atoms with Crippen LogP contribution in [0, 0.1) is 0 Å². The van der Waals surface area contributed by atoms with Crippen LogP contribution in [0.1, 0.15) is 12.5 Å². The van der Waals surface area contributed by atoms with Crippen molar-refractivity contribution in [3.05, 3.63) is 65.9 Å². The molecule has 0 atom stereocenters. The molecule has 0 aliphatic heterocycles. The Balaban J connectivity index is 2.04. The van der Waals surface area contributed by atoms with E-state index >= 15 is 0 Å². The van der Waals surface area contributed by atoms with Gasteiger partial charge in [-0.3, -0.25) is 0 Å². The van der Waals surface area contributed by atoms with E-state index in [4.69, 9.17) is 9.47 Å². The fraction of sp³-hybridized carbons (Fsp3) is 0.167. The maximum absolute atomic E-state index is 12.5. The molecule has 2 aromatic rings. The summed E-state index contributed by atoms with van der Waals surface area (Å²) in [5.74, 6) is 0.502. The number of hydrogen-bond donors (Lipinski definition) is 0. The molecular weight excluding hydrogens is 337 g/mol. The Morgan fingerprint density at radius 1 is 0.920 bits per heavy atom. The molecule has 7 heteroatoms. The topological polar surface area (TPSA) is 44.8 Å². The van der Waals surface area contributed by atoms with Crippen molar-refractivity contribution < 1.29 is 32.2 Å². The first kappa shape index (κ1) is 18.4. The average Bonchev–Trinajstić information content (AvgIpc) is 2.60. The number of benzene rings is 2. The van der Waals surface area contributed by atoms with Crippen LogP contribution in [0.5, 0.6) is 17.2 Å². The molecule has 25 heavy (non-hydrogen) atoms. The van der Waals surface area contributed by atoms with Crippen LogP contribution >= 0.6 is 0 Å². The quantitative estimate of drug-likeness (QED) is 0.434. The molecule has 0 unspecified atom stereocenters. The average molecular weight is 352 g/mol. The lowest BCUT2D eigenvalue weighted by Gasteiger charge is -2.10. The summed E-state index contributed by atoms with van der Waals surface area (Å²) in [6, 6.07) is 10.6. The van der Waals surface area contributed by atoms with Crippen LogP contribution in [0.25, 0.3) is 0 Å². The van der Waals surface area contributed by atoms with Crippen LogP contribution in [0.15, 0.2) is 60.4 Å². The molecule has 2 aromatic carbocycles. The van der Waals surface area contributed by atoms with Gasteiger partial charge in [0.1, 0.15) is 17.2 Å². The van der Waals surface area contributed by atoms with E-state index in [0.717, 1.165) is 12.1 Å². The zero-order chi connectivity index (χ0) is 18.4. The zero-order valence-corrected chi connectivity index (χ0v) is 13.5. The number of methoxy groups -OCH3 is 1. The van der Waals surface area contributed by atoms with E-state index in [-0.39, 0.29) is 11.5 Å². The van der Waals surface area contributed by atoms with Crippen molar-refractivity contribution in [2.75, 3.05) is 7.11 Å². The van der Waals surface area contributed by atoms with Gasteiger partial charge in [0.25, 0.3) is 0 Å². The molecule has 0 spiro atoms. The summed E-state index contributed by atoms with van der Waals surface area (Å²) in [5.41, 5.74) is -0.745. The molecule has 0 aliphatic carbocycles. The van der Waals surface area contributed by atoms with Crippen molar-refractivity contribution in [3.63, 3.8) is 0 Å². The Morgan fingerprint density at radius 2 is 1.40 bits per heavy atom. The van der Waals surface area contributed by atoms with E-state index in [9.17, 15) is 18.0 Å². The first-order valence-electron chi connectivity index (χ1n) is 7.21. The number of allylic oxidation sites excluding steroid dienone is 1. The standard InChI is InChI=1S/C18H15F3O4/c1-3-16(17(22)23-2)25-15-10-8-14(9-11-15)24-13-6-4-12(5-7-13)18(19,20)21/h3-11H,1-2H3. The maximum atomic E-state index is 12.5. The van der Waals surface area contributed by atoms with E-state index in [0.29, 0.717) is 11.5 Å². The van der Waals surface area contributed by atoms with Gasteiger partial charge in [0.05, 0.1) is 12.7 Å². The van der Waals surface area contributed by atoms with Gasteiger partial charge in [-0.05, 0) is 61.5 Å². The van der Waals surface area contributed by atoms with Crippen molar-refractivity contribution in [2.24, 2.45) is 0 Å². The third-order valence-corrected chi connectivity index (χ3v) is 3.12. The summed E-state index contributed by atoms with van der Waals surface area (Å²) in [5, 5.41) is 0. The lowest BCUT2D eigenvalue weighted by Crippen LogP contribution is -2.10. The normalized spacial score (nSPS) is 11.8. The first-order chi connectivity index (χ1) is 11.8. The number of ether oxygens (including phenoxy) is 3. The van der Waals surface area contributed by atoms with Gasteiger partial charge < -0.3 is 14.2 Å². The van der Waals surface area contributed by atoms with Crippen molar-refractivity contribution in [1.29, 1.82) is 0 Å². The van der Waals surface area contributed by atoms with Crippen molar-refractivity contribution in [3.8, 4) is 17.2 Å². The predicted octanol–water partition coefficient (Wildman–Crippen LogP) is 4.95. The molecule has 0 bridgehead atoms. The second kappa shape index (κ2) is 7.74. The fourth-order valence-corrected chi connectivity index (χ4v) is 1.87. The lowest BCUT2D eigenvalue weighted by atomic mass is 10.2. The van der Waals surface area contributed by atoms with Crippen LogP contribution in [-0.2, 0) is 15.7 Å². The molecule has 4 nitrogen and oxygen atoms in total. The number of esters is 1. The minimum Gasteiger partial charge on any atom is -0.463 e. The number of carbonyl (C=O) groups excluding carboxylic acids is 1. The van der Waals surface area contributed by atoms with E-state index < -0.39 is 17.7 Å². The first-order valence-corrected chi connectivity index (χ1v) is 7.21. The highest BCUT2D eigenvalue weighted by Crippen LogP contribution is 2.31. The molecule has 0 heterocycles. The van der Waals surface area contributed by atoms with Gasteiger partial charge in [0.15, 0.2) is 0 Å². The van der Waals surface area contributed by atoms with Crippen LogP contribution in [-0.4, -0.2) is 13.1 Å². The fourth-order valence-electron chi connectivity index (χ4n) is 1.87. The van der Waals surface area contributed by atoms with Gasteiger partial charge in [-0.15, -0.1) is 0 Å². The minimum absolute atomic E-state index is 0.0407. The Labute approximate surface area is 142 Å². The highest BCUT2D eigenvalue weighted by molar-refractivity contribution is 5.86. The molecule has 2 rings (SSSR count). The largest absolute Gasteiger partial charge is 0.463 e. The van der Waals surface area contributed by atoms with E-state index in [1.54, 1.807) is 31.2 Å². The summed E-state index contributed by atoms with van der Waals surface area (Å²) in [6.45, 7) is 1.63. The van der Waals surface area contributed by atoms with Crippen molar-refractivity contribution in [2.45, 2.75) is 13.1 Å². The maximum Gasteiger partial charge on any atom is 0.416 e. The number of hydrogen-bond acceptors (Lipinski definition) is 4. The Kier molecular flexibility index (Phi) is 5.69. The second-order valence-electron chi connectivity index (χ2n) is 4.84. The van der Waals surface area contributed by atoms with Crippen molar-refractivity contribution in [1.82, 2.24) is 0 Å². The van der Waals surface area contributed by atoms with Gasteiger partial charge >= 0.3 is 12.1 Å². The zero-order valence-electron chi connectivity index (χ0n) is 13.5. The van der Waals surface area contributed by atoms with E-state index in [2.05, 4.69) is 4.74 Å². The third-order valence-electron chi connectivity index (χ3n) is 3.12. The summed E-state index contributed by atoms with van der Waals surface area (Å²) >= 11 is 0. The predicted molar refractivity (Wildman–Crippen MR) is 84.4 cm³/mol. The summed E-state index contributed by atoms with van der Waals surface area (Å²) in [4.78, 5) is 11.4. The summed E-state index contributed by atoms with van der Waals surface area (Å²) in [7, 11) is 1.25. The summed E-state index contributed by atoms with van der Waals surface area (Å²) < 4.78 is 53.0. The highest BCUT2D eigenvalue weighted by atomic mass is 19.4. The molecule has 0 saturated heterocycles. The molecular formula is C18H15F3O4. The van der Waals surface area contributed by atoms with Gasteiger partial charge in [-0.25, -0.2) is 4.79 Å². The third kappa shape index (κ3) is 5.00. The van der Waals surface area contributed by atoms with E-state index in [1.165, 1.54) is 25.3 Å². The number of carbonyl (C=O) groups is 1. The molecule has 0 radical (unpaired) electrons.